The number of amides is 6. The number of carbonyl (C=O) groups excluding carboxylic acids is 6. The van der Waals surface area contributed by atoms with E-state index in [1.54, 1.807) is 30.3 Å². The minimum atomic E-state index is -1.64. The lowest BCUT2D eigenvalue weighted by molar-refractivity contribution is -0.143. The van der Waals surface area contributed by atoms with Crippen molar-refractivity contribution in [2.75, 3.05) is 18.1 Å². The van der Waals surface area contributed by atoms with Crippen LogP contribution < -0.4 is 37.6 Å². The van der Waals surface area contributed by atoms with Crippen molar-refractivity contribution in [2.24, 2.45) is 17.6 Å². The maximum Gasteiger partial charge on any atom is 0.328 e. The van der Waals surface area contributed by atoms with Crippen LogP contribution in [0.15, 0.2) is 42.5 Å². The Kier molecular flexibility index (Phi) is 20.1. The normalized spacial score (nSPS) is 23.8. The van der Waals surface area contributed by atoms with Gasteiger partial charge in [0.2, 0.25) is 35.4 Å². The van der Waals surface area contributed by atoms with Gasteiger partial charge in [-0.2, -0.15) is 23.5 Å². The van der Waals surface area contributed by atoms with Crippen molar-refractivity contribution >= 4 is 64.9 Å². The second kappa shape index (κ2) is 24.4. The summed E-state index contributed by atoms with van der Waals surface area (Å²) in [6.07, 6.45) is 0.297. The molecule has 60 heavy (non-hydrogen) atoms. The van der Waals surface area contributed by atoms with Crippen LogP contribution >= 0.6 is 23.5 Å². The highest BCUT2D eigenvalue weighted by molar-refractivity contribution is 7.98. The molecule has 0 saturated heterocycles. The third-order valence-electron chi connectivity index (χ3n) is 9.15. The molecule has 2 aromatic rings. The highest BCUT2D eigenvalue weighted by Crippen LogP contribution is 2.17. The van der Waals surface area contributed by atoms with Gasteiger partial charge < -0.3 is 53.0 Å². The molecular formula is C40H58N8O10S2. The smallest absolute Gasteiger partial charge is 0.328 e. The number of phenolic OH excluding ortho intramolecular Hbond substituents is 1. The molecule has 330 valence electrons. The van der Waals surface area contributed by atoms with Crippen LogP contribution in [-0.2, 0) is 51.5 Å². The standard InChI is InChI=1S/C40H58N8O10S2/c1-21(2)13-29-36(53)42-23(5)34(51)48-33(39(56)47-32(16-49)40(57)58)20-60-18-26-8-6-7-25(43-26)17-59-19-28(41)35(52)44-30(14-22(3)4)37(54)46-31(38(55)45-29)15-24-9-11-27(50)12-10-24/h6-12,21-23,28-33,49-50H,13-20,41H2,1-5H3,(H,42,53)(H,44,52)(H,45,55)(H,46,54)(H,47,56)(H,48,51)(H,57,58)/t23-,28-,29-,30-,31-,32-,33-/m0/s1. The van der Waals surface area contributed by atoms with E-state index in [1.807, 2.05) is 27.7 Å². The average Bonchev–Trinajstić information content (AvgIpc) is 3.18. The number of hydrogen-bond donors (Lipinski definition) is 10. The number of nitrogens with zero attached hydrogens (tertiary/aromatic N) is 1. The van der Waals surface area contributed by atoms with E-state index in [9.17, 15) is 48.9 Å². The Morgan fingerprint density at radius 3 is 1.83 bits per heavy atom. The maximum atomic E-state index is 14.1. The number of carbonyl (C=O) groups is 7. The fourth-order valence-corrected chi connectivity index (χ4v) is 7.81. The molecule has 20 heteroatoms. The number of carboxylic acids is 1. The molecule has 1 aliphatic heterocycles. The van der Waals surface area contributed by atoms with E-state index < -0.39 is 90.3 Å². The monoisotopic (exact) mass is 874 g/mol. The molecule has 2 heterocycles. The predicted molar refractivity (Wildman–Crippen MR) is 227 cm³/mol. The van der Waals surface area contributed by atoms with E-state index in [0.29, 0.717) is 28.5 Å². The molecule has 0 saturated carbocycles. The zero-order chi connectivity index (χ0) is 44.5. The van der Waals surface area contributed by atoms with Gasteiger partial charge in [0.05, 0.1) is 24.0 Å². The summed E-state index contributed by atoms with van der Waals surface area (Å²) >= 11 is 2.58. The number of benzene rings is 1. The lowest BCUT2D eigenvalue weighted by Crippen LogP contribution is -2.60. The molecule has 0 spiro atoms. The Labute approximate surface area is 358 Å². The second-order valence-electron chi connectivity index (χ2n) is 15.4. The molecule has 2 bridgehead atoms. The van der Waals surface area contributed by atoms with E-state index in [1.165, 1.54) is 42.6 Å². The maximum absolute atomic E-state index is 14.1. The third-order valence-corrected chi connectivity index (χ3v) is 11.3. The molecule has 0 fully saturated rings. The summed E-state index contributed by atoms with van der Waals surface area (Å²) in [5.74, 6) is -5.19. The molecule has 1 aromatic heterocycles. The molecule has 6 amide bonds. The number of nitrogens with one attached hydrogen (secondary N) is 6. The number of pyridine rings is 1. The number of carboxylic acid groups (broad SMARTS) is 1. The number of thioether (sulfide) groups is 2. The number of aromatic nitrogens is 1. The Morgan fingerprint density at radius 2 is 1.28 bits per heavy atom. The van der Waals surface area contributed by atoms with Crippen molar-refractivity contribution in [3.63, 3.8) is 0 Å². The van der Waals surface area contributed by atoms with Crippen molar-refractivity contribution < 1.29 is 48.9 Å². The number of nitrogens with two attached hydrogens (primary N) is 1. The van der Waals surface area contributed by atoms with Crippen molar-refractivity contribution in [3.05, 3.63) is 59.4 Å². The highest BCUT2D eigenvalue weighted by Gasteiger charge is 2.33. The first-order chi connectivity index (χ1) is 28.4. The van der Waals surface area contributed by atoms with E-state index >= 15 is 0 Å². The number of phenols is 1. The summed E-state index contributed by atoms with van der Waals surface area (Å²) in [6, 6.07) is 2.68. The van der Waals surface area contributed by atoms with E-state index in [4.69, 9.17) is 5.73 Å². The average molecular weight is 875 g/mol. The Balaban J connectivity index is 2.00. The largest absolute Gasteiger partial charge is 0.508 e. The molecule has 0 unspecified atom stereocenters. The molecule has 11 N–H and O–H groups in total. The second-order valence-corrected chi connectivity index (χ2v) is 17.5. The first-order valence-electron chi connectivity index (χ1n) is 19.7. The van der Waals surface area contributed by atoms with Crippen molar-refractivity contribution in [1.29, 1.82) is 0 Å². The summed E-state index contributed by atoms with van der Waals surface area (Å²) in [6.45, 7) is 7.88. The van der Waals surface area contributed by atoms with Crippen LogP contribution in [0, 0.1) is 11.8 Å². The summed E-state index contributed by atoms with van der Waals surface area (Å²) in [7, 11) is 0. The number of aromatic hydroxyl groups is 1. The first-order valence-corrected chi connectivity index (χ1v) is 22.0. The number of aliphatic carboxylic acids is 1. The Hall–Kier alpha value is -4.92. The minimum absolute atomic E-state index is 0.0114. The zero-order valence-corrected chi connectivity index (χ0v) is 36.1. The van der Waals surface area contributed by atoms with Crippen LogP contribution in [0.5, 0.6) is 5.75 Å². The molecule has 0 aliphatic carbocycles. The minimum Gasteiger partial charge on any atom is -0.508 e. The molecule has 1 aromatic carbocycles. The number of aliphatic hydroxyl groups excluding tert-OH is 1. The van der Waals surface area contributed by atoms with Gasteiger partial charge in [0.15, 0.2) is 0 Å². The van der Waals surface area contributed by atoms with Crippen molar-refractivity contribution in [1.82, 2.24) is 36.9 Å². The van der Waals surface area contributed by atoms with Crippen LogP contribution in [0.1, 0.15) is 64.4 Å². The van der Waals surface area contributed by atoms with E-state index in [-0.39, 0.29) is 48.4 Å². The third kappa shape index (κ3) is 16.6. The summed E-state index contributed by atoms with van der Waals surface area (Å²) < 4.78 is 0. The SMILES string of the molecule is CC(C)C[C@@H]1NC(=O)[C@H](Cc2ccc(O)cc2)NC(=O)[C@H](CC(C)C)NC(=O)[C@@H](N)CSCc2cccc(n2)CSC[C@@H](C(=O)N[C@@H](CO)C(=O)O)NC(=O)[C@H](C)NC1=O. The van der Waals surface area contributed by atoms with Gasteiger partial charge in [-0.15, -0.1) is 0 Å². The van der Waals surface area contributed by atoms with Gasteiger partial charge in [0.25, 0.3) is 0 Å². The van der Waals surface area contributed by atoms with Crippen LogP contribution in [0.2, 0.25) is 0 Å². The fourth-order valence-electron chi connectivity index (χ4n) is 5.96. The molecular weight excluding hydrogens is 817 g/mol. The van der Waals surface area contributed by atoms with Crippen molar-refractivity contribution in [2.45, 2.75) is 108 Å². The molecule has 1 aliphatic rings. The molecule has 7 atom stereocenters. The van der Waals surface area contributed by atoms with Gasteiger partial charge in [-0.05, 0) is 61.4 Å². The van der Waals surface area contributed by atoms with E-state index in [2.05, 4.69) is 36.9 Å². The van der Waals surface area contributed by atoms with Gasteiger partial charge in [-0.1, -0.05) is 45.9 Å². The van der Waals surface area contributed by atoms with Crippen LogP contribution in [-0.4, -0.2) is 122 Å². The van der Waals surface area contributed by atoms with Crippen LogP contribution in [0.4, 0.5) is 0 Å². The van der Waals surface area contributed by atoms with E-state index in [0.717, 1.165) is 0 Å². The van der Waals surface area contributed by atoms with Gasteiger partial charge in [-0.25, -0.2) is 4.79 Å². The summed E-state index contributed by atoms with van der Waals surface area (Å²) in [4.78, 5) is 98.2. The molecule has 18 nitrogen and oxygen atoms in total. The molecule has 0 radical (unpaired) electrons. The predicted octanol–water partition coefficient (Wildman–Crippen LogP) is -0.0650. The lowest BCUT2D eigenvalue weighted by Gasteiger charge is -2.28. The van der Waals surface area contributed by atoms with Gasteiger partial charge in [-0.3, -0.25) is 33.8 Å². The number of rotatable bonds is 10. The quantitative estimate of drug-likeness (QED) is 0.150. The molecule has 3 rings (SSSR count). The number of fused-ring (bicyclic) bond motifs is 2. The zero-order valence-electron chi connectivity index (χ0n) is 34.4. The van der Waals surface area contributed by atoms with Gasteiger partial charge >= 0.3 is 5.97 Å². The number of hydrogen-bond acceptors (Lipinski definition) is 13. The topological polar surface area (TPSA) is 291 Å². The Morgan fingerprint density at radius 1 is 0.767 bits per heavy atom. The highest BCUT2D eigenvalue weighted by atomic mass is 32.2. The first kappa shape index (κ1) is 49.4. The Bertz CT molecular complexity index is 1800. The van der Waals surface area contributed by atoms with Crippen LogP contribution in [0.3, 0.4) is 0 Å². The van der Waals surface area contributed by atoms with Gasteiger partial charge in [0, 0.05) is 29.4 Å². The summed E-state index contributed by atoms with van der Waals surface area (Å²) in [5.41, 5.74) is 8.17. The fraction of sp³-hybridized carbons (Fsp3) is 0.550. The lowest BCUT2D eigenvalue weighted by atomic mass is 9.99. The van der Waals surface area contributed by atoms with Crippen molar-refractivity contribution in [3.8, 4) is 5.75 Å². The summed E-state index contributed by atoms with van der Waals surface area (Å²) in [5, 5.41) is 44.4. The van der Waals surface area contributed by atoms with Crippen LogP contribution in [0.25, 0.3) is 0 Å². The van der Waals surface area contributed by atoms with Gasteiger partial charge in [0.1, 0.15) is 42.0 Å². The number of aliphatic hydroxyl groups is 1.